The first-order valence-electron chi connectivity index (χ1n) is 5.91. The normalized spacial score (nSPS) is 14.8. The minimum absolute atomic E-state index is 0.0372. The molecule has 0 amide bonds. The molecule has 0 radical (unpaired) electrons. The van der Waals surface area contributed by atoms with Crippen LogP contribution >= 0.6 is 11.6 Å². The van der Waals surface area contributed by atoms with Crippen molar-refractivity contribution in [2.75, 3.05) is 33.9 Å². The van der Waals surface area contributed by atoms with Crippen LogP contribution in [0.2, 0.25) is 5.02 Å². The quantitative estimate of drug-likeness (QED) is 0.785. The Hall–Kier alpha value is -0.650. The summed E-state index contributed by atoms with van der Waals surface area (Å²) in [6, 6.07) is 7.66. The number of halogens is 1. The third-order valence-electron chi connectivity index (χ3n) is 2.85. The number of likely N-dealkylation sites (N-methyl/N-ethyl adjacent to an activating group) is 1. The minimum atomic E-state index is -0.520. The van der Waals surface area contributed by atoms with Crippen LogP contribution in [0.3, 0.4) is 0 Å². The maximum atomic E-state index is 9.73. The Bertz CT molecular complexity index is 363. The van der Waals surface area contributed by atoms with Gasteiger partial charge in [-0.3, -0.25) is 4.90 Å². The van der Waals surface area contributed by atoms with Crippen molar-refractivity contribution in [3.05, 3.63) is 34.9 Å². The summed E-state index contributed by atoms with van der Waals surface area (Å²) in [5, 5.41) is 10.4. The Morgan fingerprint density at radius 1 is 1.50 bits per heavy atom. The van der Waals surface area contributed by atoms with Gasteiger partial charge in [0.25, 0.3) is 0 Å². The molecule has 3 N–H and O–H groups in total. The average molecular weight is 273 g/mol. The van der Waals surface area contributed by atoms with Crippen LogP contribution in [-0.4, -0.2) is 50.0 Å². The van der Waals surface area contributed by atoms with Gasteiger partial charge in [-0.15, -0.1) is 0 Å². The highest BCUT2D eigenvalue weighted by Gasteiger charge is 2.18. The SMILES string of the molecule is COCC(O)CN(C)C(CN)c1cccc(Cl)c1. The molecule has 0 aliphatic rings. The molecule has 1 aromatic rings. The lowest BCUT2D eigenvalue weighted by atomic mass is 10.1. The lowest BCUT2D eigenvalue weighted by molar-refractivity contribution is 0.0348. The van der Waals surface area contributed by atoms with Gasteiger partial charge in [-0.2, -0.15) is 0 Å². The van der Waals surface area contributed by atoms with Crippen molar-refractivity contribution >= 4 is 11.6 Å². The Morgan fingerprint density at radius 3 is 2.78 bits per heavy atom. The topological polar surface area (TPSA) is 58.7 Å². The Labute approximate surface area is 113 Å². The lowest BCUT2D eigenvalue weighted by Gasteiger charge is -2.29. The summed E-state index contributed by atoms with van der Waals surface area (Å²) in [6.07, 6.45) is -0.520. The van der Waals surface area contributed by atoms with Gasteiger partial charge in [0.05, 0.1) is 12.7 Å². The largest absolute Gasteiger partial charge is 0.389 e. The summed E-state index contributed by atoms with van der Waals surface area (Å²) in [7, 11) is 3.50. The van der Waals surface area contributed by atoms with Gasteiger partial charge >= 0.3 is 0 Å². The zero-order chi connectivity index (χ0) is 13.5. The van der Waals surface area contributed by atoms with Crippen LogP contribution in [-0.2, 0) is 4.74 Å². The van der Waals surface area contributed by atoms with E-state index in [0.717, 1.165) is 5.56 Å². The van der Waals surface area contributed by atoms with Gasteiger partial charge in [0.2, 0.25) is 0 Å². The number of aliphatic hydroxyl groups excluding tert-OH is 1. The molecule has 0 spiro atoms. The number of benzene rings is 1. The molecule has 18 heavy (non-hydrogen) atoms. The molecular formula is C13H21ClN2O2. The molecule has 2 atom stereocenters. The maximum absolute atomic E-state index is 9.73. The van der Waals surface area contributed by atoms with Gasteiger partial charge in [0, 0.05) is 31.3 Å². The molecule has 2 unspecified atom stereocenters. The van der Waals surface area contributed by atoms with E-state index in [0.29, 0.717) is 24.7 Å². The van der Waals surface area contributed by atoms with E-state index in [9.17, 15) is 5.11 Å². The van der Waals surface area contributed by atoms with Crippen molar-refractivity contribution in [3.63, 3.8) is 0 Å². The predicted octanol–water partition coefficient (Wildman–Crippen LogP) is 1.28. The molecule has 0 aliphatic carbocycles. The number of rotatable bonds is 7. The lowest BCUT2D eigenvalue weighted by Crippen LogP contribution is -2.37. The van der Waals surface area contributed by atoms with E-state index < -0.39 is 6.10 Å². The second kappa shape index (κ2) is 7.71. The third kappa shape index (κ3) is 4.55. The highest BCUT2D eigenvalue weighted by atomic mass is 35.5. The summed E-state index contributed by atoms with van der Waals surface area (Å²) < 4.78 is 4.91. The predicted molar refractivity (Wildman–Crippen MR) is 73.8 cm³/mol. The van der Waals surface area contributed by atoms with Crippen molar-refractivity contribution < 1.29 is 9.84 Å². The first-order chi connectivity index (χ1) is 8.58. The van der Waals surface area contributed by atoms with Crippen molar-refractivity contribution in [3.8, 4) is 0 Å². The van der Waals surface area contributed by atoms with E-state index in [-0.39, 0.29) is 6.04 Å². The van der Waals surface area contributed by atoms with E-state index in [1.165, 1.54) is 0 Å². The van der Waals surface area contributed by atoms with Gasteiger partial charge in [-0.05, 0) is 24.7 Å². The number of hydrogen-bond donors (Lipinski definition) is 2. The van der Waals surface area contributed by atoms with E-state index in [4.69, 9.17) is 22.1 Å². The number of aliphatic hydroxyl groups is 1. The standard InChI is InChI=1S/C13H21ClN2O2/c1-16(8-12(17)9-18-2)13(7-15)10-4-3-5-11(14)6-10/h3-6,12-13,17H,7-9,15H2,1-2H3. The summed E-state index contributed by atoms with van der Waals surface area (Å²) in [6.45, 7) is 1.29. The van der Waals surface area contributed by atoms with Crippen LogP contribution in [0.4, 0.5) is 0 Å². The highest BCUT2D eigenvalue weighted by Crippen LogP contribution is 2.21. The molecule has 1 aromatic carbocycles. The summed E-state index contributed by atoms with van der Waals surface area (Å²) >= 11 is 5.98. The Kier molecular flexibility index (Phi) is 6.60. The van der Waals surface area contributed by atoms with Crippen LogP contribution in [0.15, 0.2) is 24.3 Å². The molecule has 0 saturated heterocycles. The fourth-order valence-electron chi connectivity index (χ4n) is 1.99. The summed E-state index contributed by atoms with van der Waals surface area (Å²) in [5.74, 6) is 0. The molecule has 5 heteroatoms. The molecule has 102 valence electrons. The second-order valence-electron chi connectivity index (χ2n) is 4.36. The monoisotopic (exact) mass is 272 g/mol. The van der Waals surface area contributed by atoms with Crippen LogP contribution in [0.1, 0.15) is 11.6 Å². The van der Waals surface area contributed by atoms with Crippen LogP contribution < -0.4 is 5.73 Å². The number of nitrogens with zero attached hydrogens (tertiary/aromatic N) is 1. The van der Waals surface area contributed by atoms with Gasteiger partial charge in [0.1, 0.15) is 0 Å². The van der Waals surface area contributed by atoms with Crippen molar-refractivity contribution in [1.29, 1.82) is 0 Å². The van der Waals surface area contributed by atoms with Crippen molar-refractivity contribution in [2.45, 2.75) is 12.1 Å². The molecule has 0 heterocycles. The average Bonchev–Trinajstić information content (AvgIpc) is 2.30. The molecule has 0 bridgehead atoms. The molecule has 0 aromatic heterocycles. The molecule has 0 saturated carbocycles. The Balaban J connectivity index is 2.70. The van der Waals surface area contributed by atoms with Crippen molar-refractivity contribution in [1.82, 2.24) is 4.90 Å². The molecule has 0 aliphatic heterocycles. The third-order valence-corrected chi connectivity index (χ3v) is 3.08. The summed E-state index contributed by atoms with van der Waals surface area (Å²) in [4.78, 5) is 2.01. The van der Waals surface area contributed by atoms with Crippen LogP contribution in [0.25, 0.3) is 0 Å². The van der Waals surface area contributed by atoms with Gasteiger partial charge < -0.3 is 15.6 Å². The molecular weight excluding hydrogens is 252 g/mol. The Morgan fingerprint density at radius 2 is 2.22 bits per heavy atom. The molecule has 4 nitrogen and oxygen atoms in total. The smallest absolute Gasteiger partial charge is 0.0900 e. The van der Waals surface area contributed by atoms with Crippen LogP contribution in [0, 0.1) is 0 Å². The number of methoxy groups -OCH3 is 1. The van der Waals surface area contributed by atoms with Crippen LogP contribution in [0.5, 0.6) is 0 Å². The number of hydrogen-bond acceptors (Lipinski definition) is 4. The number of nitrogens with two attached hydrogens (primary N) is 1. The maximum Gasteiger partial charge on any atom is 0.0900 e. The zero-order valence-electron chi connectivity index (χ0n) is 10.8. The van der Waals surface area contributed by atoms with Gasteiger partial charge in [-0.1, -0.05) is 23.7 Å². The highest BCUT2D eigenvalue weighted by molar-refractivity contribution is 6.30. The van der Waals surface area contributed by atoms with E-state index in [1.54, 1.807) is 7.11 Å². The number of ether oxygens (including phenoxy) is 1. The zero-order valence-corrected chi connectivity index (χ0v) is 11.6. The van der Waals surface area contributed by atoms with E-state index in [2.05, 4.69) is 0 Å². The first kappa shape index (κ1) is 15.4. The van der Waals surface area contributed by atoms with Crippen molar-refractivity contribution in [2.24, 2.45) is 5.73 Å². The first-order valence-corrected chi connectivity index (χ1v) is 6.29. The fourth-order valence-corrected chi connectivity index (χ4v) is 2.19. The van der Waals surface area contributed by atoms with E-state index in [1.807, 2.05) is 36.2 Å². The molecule has 1 rings (SSSR count). The van der Waals surface area contributed by atoms with Gasteiger partial charge in [0.15, 0.2) is 0 Å². The fraction of sp³-hybridized carbons (Fsp3) is 0.538. The summed E-state index contributed by atoms with van der Waals surface area (Å²) in [5.41, 5.74) is 6.86. The van der Waals surface area contributed by atoms with Gasteiger partial charge in [-0.25, -0.2) is 0 Å². The van der Waals surface area contributed by atoms with E-state index >= 15 is 0 Å². The minimum Gasteiger partial charge on any atom is -0.389 e. The molecule has 0 fully saturated rings. The second-order valence-corrected chi connectivity index (χ2v) is 4.79.